The molecule has 86 valence electrons. The van der Waals surface area contributed by atoms with E-state index in [4.69, 9.17) is 5.73 Å². The van der Waals surface area contributed by atoms with Gasteiger partial charge < -0.3 is 11.1 Å². The standard InChI is InChI=1S/C12H21FN2/c1-9-3-4-12(15-6-5-14)11(13)8-10(2)7-9/h7-9,12,15H,3-6,14H2,1-2H3/t9-,12?/m1/s1. The van der Waals surface area contributed by atoms with Crippen LogP contribution in [0.15, 0.2) is 23.6 Å². The lowest BCUT2D eigenvalue weighted by Gasteiger charge is -2.20. The molecule has 0 fully saturated rings. The molecular weight excluding hydrogens is 191 g/mol. The third-order valence-electron chi connectivity index (χ3n) is 2.69. The van der Waals surface area contributed by atoms with Crippen molar-refractivity contribution >= 4 is 0 Å². The molecule has 0 heterocycles. The highest BCUT2D eigenvalue weighted by atomic mass is 19.1. The number of nitrogens with one attached hydrogen (secondary N) is 1. The van der Waals surface area contributed by atoms with Gasteiger partial charge in [0, 0.05) is 13.1 Å². The summed E-state index contributed by atoms with van der Waals surface area (Å²) in [7, 11) is 0. The molecule has 0 radical (unpaired) electrons. The SMILES string of the molecule is CC1=C[C@H](C)CCC(NCCN)C(F)=C1. The molecule has 15 heavy (non-hydrogen) atoms. The number of hydrogen-bond donors (Lipinski definition) is 2. The van der Waals surface area contributed by atoms with Crippen LogP contribution in [0.4, 0.5) is 4.39 Å². The lowest BCUT2D eigenvalue weighted by atomic mass is 9.95. The monoisotopic (exact) mass is 212 g/mol. The third-order valence-corrected chi connectivity index (χ3v) is 2.69. The van der Waals surface area contributed by atoms with Gasteiger partial charge in [-0.2, -0.15) is 0 Å². The minimum absolute atomic E-state index is 0.0656. The molecule has 1 aliphatic carbocycles. The summed E-state index contributed by atoms with van der Waals surface area (Å²) in [5.74, 6) is 0.459. The van der Waals surface area contributed by atoms with E-state index in [-0.39, 0.29) is 11.9 Å². The molecule has 0 aliphatic heterocycles. The van der Waals surface area contributed by atoms with Crippen molar-refractivity contribution < 1.29 is 4.39 Å². The molecule has 0 aromatic carbocycles. The first-order valence-corrected chi connectivity index (χ1v) is 5.62. The third kappa shape index (κ3) is 4.14. The molecule has 0 aromatic rings. The fourth-order valence-corrected chi connectivity index (χ4v) is 1.92. The summed E-state index contributed by atoms with van der Waals surface area (Å²) in [6, 6.07) is -0.153. The van der Waals surface area contributed by atoms with Gasteiger partial charge in [-0.05, 0) is 31.8 Å². The maximum Gasteiger partial charge on any atom is 0.117 e. The van der Waals surface area contributed by atoms with Crippen molar-refractivity contribution in [3.05, 3.63) is 23.6 Å². The minimum Gasteiger partial charge on any atom is -0.329 e. The Kier molecular flexibility index (Phi) is 4.99. The Morgan fingerprint density at radius 2 is 2.27 bits per heavy atom. The van der Waals surface area contributed by atoms with Gasteiger partial charge in [0.05, 0.1) is 6.04 Å². The highest BCUT2D eigenvalue weighted by Crippen LogP contribution is 2.21. The molecule has 0 saturated carbocycles. The molecular formula is C12H21FN2. The van der Waals surface area contributed by atoms with Gasteiger partial charge in [-0.25, -0.2) is 4.39 Å². The van der Waals surface area contributed by atoms with E-state index in [0.717, 1.165) is 18.4 Å². The number of rotatable bonds is 3. The summed E-state index contributed by atoms with van der Waals surface area (Å²) < 4.78 is 13.7. The second-order valence-corrected chi connectivity index (χ2v) is 4.29. The van der Waals surface area contributed by atoms with E-state index in [1.54, 1.807) is 6.08 Å². The number of hydrogen-bond acceptors (Lipinski definition) is 2. The molecule has 0 bridgehead atoms. The number of halogens is 1. The lowest BCUT2D eigenvalue weighted by molar-refractivity contribution is 0.417. The summed E-state index contributed by atoms with van der Waals surface area (Å²) in [6.45, 7) is 5.33. The van der Waals surface area contributed by atoms with Crippen LogP contribution in [0.1, 0.15) is 26.7 Å². The first-order valence-electron chi connectivity index (χ1n) is 5.62. The van der Waals surface area contributed by atoms with Crippen molar-refractivity contribution in [1.82, 2.24) is 5.32 Å². The van der Waals surface area contributed by atoms with E-state index in [9.17, 15) is 4.39 Å². The van der Waals surface area contributed by atoms with Crippen LogP contribution in [0.5, 0.6) is 0 Å². The molecule has 0 saturated heterocycles. The van der Waals surface area contributed by atoms with Crippen molar-refractivity contribution in [3.63, 3.8) is 0 Å². The molecule has 2 atom stereocenters. The Balaban J connectivity index is 2.68. The second kappa shape index (κ2) is 6.03. The summed E-state index contributed by atoms with van der Waals surface area (Å²) in [6.07, 6.45) is 5.61. The van der Waals surface area contributed by atoms with Crippen molar-refractivity contribution in [2.75, 3.05) is 13.1 Å². The van der Waals surface area contributed by atoms with Gasteiger partial charge in [-0.15, -0.1) is 0 Å². The van der Waals surface area contributed by atoms with Gasteiger partial charge in [0.1, 0.15) is 5.83 Å². The lowest BCUT2D eigenvalue weighted by Crippen LogP contribution is -2.34. The maximum absolute atomic E-state index is 13.7. The van der Waals surface area contributed by atoms with E-state index in [1.165, 1.54) is 0 Å². The predicted molar refractivity (Wildman–Crippen MR) is 62.2 cm³/mol. The normalized spacial score (nSPS) is 27.7. The van der Waals surface area contributed by atoms with Gasteiger partial charge in [0.25, 0.3) is 0 Å². The van der Waals surface area contributed by atoms with Crippen LogP contribution in [-0.4, -0.2) is 19.1 Å². The Hall–Kier alpha value is -0.670. The highest BCUT2D eigenvalue weighted by molar-refractivity contribution is 5.23. The molecule has 1 rings (SSSR count). The zero-order valence-electron chi connectivity index (χ0n) is 9.59. The Bertz CT molecular complexity index is 258. The van der Waals surface area contributed by atoms with Gasteiger partial charge in [0.2, 0.25) is 0 Å². The largest absolute Gasteiger partial charge is 0.329 e. The summed E-state index contributed by atoms with van der Waals surface area (Å²) in [5, 5.41) is 3.13. The maximum atomic E-state index is 13.7. The molecule has 2 nitrogen and oxygen atoms in total. The van der Waals surface area contributed by atoms with Crippen molar-refractivity contribution in [1.29, 1.82) is 0 Å². The Labute approximate surface area is 91.4 Å². The highest BCUT2D eigenvalue weighted by Gasteiger charge is 2.16. The molecule has 3 N–H and O–H groups in total. The van der Waals surface area contributed by atoms with Gasteiger partial charge >= 0.3 is 0 Å². The van der Waals surface area contributed by atoms with Gasteiger partial charge in [-0.1, -0.05) is 18.6 Å². The zero-order valence-corrected chi connectivity index (χ0v) is 9.59. The van der Waals surface area contributed by atoms with E-state index >= 15 is 0 Å². The smallest absolute Gasteiger partial charge is 0.117 e. The molecule has 3 heteroatoms. The summed E-state index contributed by atoms with van der Waals surface area (Å²) in [4.78, 5) is 0. The predicted octanol–water partition coefficient (Wildman–Crippen LogP) is 2.13. The van der Waals surface area contributed by atoms with Gasteiger partial charge in [-0.3, -0.25) is 0 Å². The molecule has 1 aliphatic rings. The molecule has 0 aromatic heterocycles. The summed E-state index contributed by atoms with van der Waals surface area (Å²) >= 11 is 0. The fraction of sp³-hybridized carbons (Fsp3) is 0.667. The number of nitrogens with two attached hydrogens (primary N) is 1. The van der Waals surface area contributed by atoms with Crippen LogP contribution in [0.2, 0.25) is 0 Å². The fourth-order valence-electron chi connectivity index (χ4n) is 1.92. The average Bonchev–Trinajstić information content (AvgIpc) is 2.15. The van der Waals surface area contributed by atoms with Crippen LogP contribution in [0, 0.1) is 5.92 Å². The minimum atomic E-state index is -0.153. The Morgan fingerprint density at radius 3 is 2.93 bits per heavy atom. The second-order valence-electron chi connectivity index (χ2n) is 4.29. The molecule has 1 unspecified atom stereocenters. The first kappa shape index (κ1) is 12.4. The molecule has 0 spiro atoms. The Morgan fingerprint density at radius 1 is 1.53 bits per heavy atom. The van der Waals surface area contributed by atoms with Crippen molar-refractivity contribution in [2.45, 2.75) is 32.7 Å². The van der Waals surface area contributed by atoms with Crippen LogP contribution >= 0.6 is 0 Å². The van der Waals surface area contributed by atoms with E-state index in [2.05, 4.69) is 18.3 Å². The average molecular weight is 212 g/mol. The van der Waals surface area contributed by atoms with E-state index in [1.807, 2.05) is 6.92 Å². The van der Waals surface area contributed by atoms with Crippen LogP contribution in [0.25, 0.3) is 0 Å². The van der Waals surface area contributed by atoms with E-state index in [0.29, 0.717) is 19.0 Å². The van der Waals surface area contributed by atoms with Crippen LogP contribution in [-0.2, 0) is 0 Å². The molecule has 0 amide bonds. The van der Waals surface area contributed by atoms with Crippen LogP contribution < -0.4 is 11.1 Å². The van der Waals surface area contributed by atoms with Crippen molar-refractivity contribution in [3.8, 4) is 0 Å². The quantitative estimate of drug-likeness (QED) is 0.752. The summed E-state index contributed by atoms with van der Waals surface area (Å²) in [5.41, 5.74) is 6.41. The number of allylic oxidation sites excluding steroid dienone is 3. The van der Waals surface area contributed by atoms with Crippen LogP contribution in [0.3, 0.4) is 0 Å². The van der Waals surface area contributed by atoms with Gasteiger partial charge in [0.15, 0.2) is 0 Å². The zero-order chi connectivity index (χ0) is 11.3. The topological polar surface area (TPSA) is 38.0 Å². The van der Waals surface area contributed by atoms with E-state index < -0.39 is 0 Å². The first-order chi connectivity index (χ1) is 7.13. The van der Waals surface area contributed by atoms with Crippen molar-refractivity contribution in [2.24, 2.45) is 11.7 Å².